The summed E-state index contributed by atoms with van der Waals surface area (Å²) in [5.74, 6) is -0.339. The van der Waals surface area contributed by atoms with Gasteiger partial charge in [0, 0.05) is 13.1 Å². The Morgan fingerprint density at radius 3 is 2.94 bits per heavy atom. The third kappa shape index (κ3) is 3.90. The minimum atomic E-state index is -0.779. The number of hydrogen-bond donors (Lipinski definition) is 2. The molecule has 1 atom stereocenters. The Hall–Kier alpha value is -1.55. The van der Waals surface area contributed by atoms with E-state index in [1.54, 1.807) is 14.0 Å². The van der Waals surface area contributed by atoms with Crippen LogP contribution in [0.4, 0.5) is 0 Å². The minimum absolute atomic E-state index is 0.370. The van der Waals surface area contributed by atoms with E-state index in [2.05, 4.69) is 5.32 Å². The predicted molar refractivity (Wildman–Crippen MR) is 61.5 cm³/mol. The summed E-state index contributed by atoms with van der Waals surface area (Å²) in [5, 5.41) is 11.8. The smallest absolute Gasteiger partial charge is 0.307 e. The van der Waals surface area contributed by atoms with E-state index in [0.717, 1.165) is 11.3 Å². The summed E-state index contributed by atoms with van der Waals surface area (Å²) in [7, 11) is 1.62. The first kappa shape index (κ1) is 12.5. The van der Waals surface area contributed by atoms with Crippen LogP contribution in [-0.2, 0) is 11.3 Å². The fraction of sp³-hybridized carbons (Fsp3) is 0.417. The standard InChI is InChI=1S/C12H17NO3/c1-9(12(14)15)7-13-8-10-4-3-5-11(6-10)16-2/h3-6,9,13H,7-8H2,1-2H3,(H,14,15). The monoisotopic (exact) mass is 223 g/mol. The minimum Gasteiger partial charge on any atom is -0.497 e. The zero-order valence-corrected chi connectivity index (χ0v) is 9.56. The van der Waals surface area contributed by atoms with Crippen LogP contribution in [0.3, 0.4) is 0 Å². The van der Waals surface area contributed by atoms with Crippen molar-refractivity contribution in [2.24, 2.45) is 5.92 Å². The van der Waals surface area contributed by atoms with Gasteiger partial charge in [0.05, 0.1) is 13.0 Å². The lowest BCUT2D eigenvalue weighted by molar-refractivity contribution is -0.140. The quantitative estimate of drug-likeness (QED) is 0.767. The SMILES string of the molecule is COc1cccc(CNCC(C)C(=O)O)c1. The molecule has 0 saturated carbocycles. The zero-order chi connectivity index (χ0) is 12.0. The predicted octanol–water partition coefficient (Wildman–Crippen LogP) is 1.51. The van der Waals surface area contributed by atoms with E-state index < -0.39 is 5.97 Å². The molecule has 0 heterocycles. The van der Waals surface area contributed by atoms with E-state index in [4.69, 9.17) is 9.84 Å². The molecule has 0 radical (unpaired) electrons. The van der Waals surface area contributed by atoms with Crippen molar-refractivity contribution < 1.29 is 14.6 Å². The van der Waals surface area contributed by atoms with Crippen LogP contribution in [0.1, 0.15) is 12.5 Å². The molecule has 0 bridgehead atoms. The van der Waals surface area contributed by atoms with Crippen molar-refractivity contribution in [3.8, 4) is 5.75 Å². The third-order valence-corrected chi connectivity index (χ3v) is 2.34. The molecule has 1 rings (SSSR count). The van der Waals surface area contributed by atoms with Crippen LogP contribution >= 0.6 is 0 Å². The number of carboxylic acid groups (broad SMARTS) is 1. The molecule has 16 heavy (non-hydrogen) atoms. The molecule has 0 fully saturated rings. The molecule has 4 heteroatoms. The maximum absolute atomic E-state index is 10.6. The van der Waals surface area contributed by atoms with Gasteiger partial charge in [0.1, 0.15) is 5.75 Å². The molecular weight excluding hydrogens is 206 g/mol. The van der Waals surface area contributed by atoms with Gasteiger partial charge in [-0.15, -0.1) is 0 Å². The Balaban J connectivity index is 2.39. The van der Waals surface area contributed by atoms with Crippen molar-refractivity contribution in [3.63, 3.8) is 0 Å². The van der Waals surface area contributed by atoms with Crippen LogP contribution in [-0.4, -0.2) is 24.7 Å². The highest BCUT2D eigenvalue weighted by Crippen LogP contribution is 2.12. The van der Waals surface area contributed by atoms with Gasteiger partial charge in [0.25, 0.3) is 0 Å². The first-order valence-corrected chi connectivity index (χ1v) is 5.20. The van der Waals surface area contributed by atoms with Gasteiger partial charge in [-0.1, -0.05) is 19.1 Å². The molecule has 88 valence electrons. The summed E-state index contributed by atoms with van der Waals surface area (Å²) >= 11 is 0. The molecule has 4 nitrogen and oxygen atoms in total. The largest absolute Gasteiger partial charge is 0.497 e. The maximum atomic E-state index is 10.6. The second kappa shape index (κ2) is 6.12. The topological polar surface area (TPSA) is 58.6 Å². The number of methoxy groups -OCH3 is 1. The number of carbonyl (C=O) groups is 1. The Labute approximate surface area is 95.2 Å². The molecule has 2 N–H and O–H groups in total. The summed E-state index contributed by atoms with van der Waals surface area (Å²) in [6.45, 7) is 2.79. The Bertz CT molecular complexity index is 352. The van der Waals surface area contributed by atoms with E-state index in [1.165, 1.54) is 0 Å². The van der Waals surface area contributed by atoms with Crippen LogP contribution in [0, 0.1) is 5.92 Å². The van der Waals surface area contributed by atoms with Crippen LogP contribution in [0.25, 0.3) is 0 Å². The molecule has 0 amide bonds. The van der Waals surface area contributed by atoms with Crippen molar-refractivity contribution in [3.05, 3.63) is 29.8 Å². The Morgan fingerprint density at radius 2 is 2.31 bits per heavy atom. The van der Waals surface area contributed by atoms with Gasteiger partial charge >= 0.3 is 5.97 Å². The first-order chi connectivity index (χ1) is 7.63. The molecular formula is C12H17NO3. The number of hydrogen-bond acceptors (Lipinski definition) is 3. The fourth-order valence-electron chi connectivity index (χ4n) is 1.30. The molecule has 0 saturated heterocycles. The van der Waals surface area contributed by atoms with Crippen LogP contribution < -0.4 is 10.1 Å². The van der Waals surface area contributed by atoms with Crippen molar-refractivity contribution in [2.45, 2.75) is 13.5 Å². The number of aliphatic carboxylic acids is 1. The molecule has 0 aliphatic rings. The van der Waals surface area contributed by atoms with Gasteiger partial charge < -0.3 is 15.2 Å². The van der Waals surface area contributed by atoms with Gasteiger partial charge in [-0.2, -0.15) is 0 Å². The summed E-state index contributed by atoms with van der Waals surface area (Å²) in [6, 6.07) is 7.69. The summed E-state index contributed by atoms with van der Waals surface area (Å²) in [4.78, 5) is 10.6. The van der Waals surface area contributed by atoms with Gasteiger partial charge in [-0.3, -0.25) is 4.79 Å². The van der Waals surface area contributed by atoms with Gasteiger partial charge in [0.2, 0.25) is 0 Å². The second-order valence-corrected chi connectivity index (χ2v) is 3.72. The molecule has 1 aromatic rings. The van der Waals surface area contributed by atoms with Crippen LogP contribution in [0.5, 0.6) is 5.75 Å². The van der Waals surface area contributed by atoms with Crippen molar-refractivity contribution in [2.75, 3.05) is 13.7 Å². The lowest BCUT2D eigenvalue weighted by Crippen LogP contribution is -2.25. The average molecular weight is 223 g/mol. The van der Waals surface area contributed by atoms with Crippen molar-refractivity contribution in [1.82, 2.24) is 5.32 Å². The van der Waals surface area contributed by atoms with Gasteiger partial charge in [-0.25, -0.2) is 0 Å². The summed E-state index contributed by atoms with van der Waals surface area (Å²) in [6.07, 6.45) is 0. The molecule has 0 aromatic heterocycles. The molecule has 1 aromatic carbocycles. The highest BCUT2D eigenvalue weighted by molar-refractivity contribution is 5.69. The van der Waals surface area contributed by atoms with E-state index in [9.17, 15) is 4.79 Å². The molecule has 1 unspecified atom stereocenters. The third-order valence-electron chi connectivity index (χ3n) is 2.34. The normalized spacial score (nSPS) is 12.1. The summed E-state index contributed by atoms with van der Waals surface area (Å²) in [5.41, 5.74) is 1.08. The highest BCUT2D eigenvalue weighted by atomic mass is 16.5. The molecule has 0 spiro atoms. The number of rotatable bonds is 6. The molecule has 0 aliphatic heterocycles. The lowest BCUT2D eigenvalue weighted by Gasteiger charge is -2.09. The average Bonchev–Trinajstić information content (AvgIpc) is 2.29. The van der Waals surface area contributed by atoms with E-state index in [0.29, 0.717) is 13.1 Å². The van der Waals surface area contributed by atoms with Gasteiger partial charge in [0.15, 0.2) is 0 Å². The van der Waals surface area contributed by atoms with Crippen LogP contribution in [0.2, 0.25) is 0 Å². The Kier molecular flexibility index (Phi) is 4.79. The van der Waals surface area contributed by atoms with E-state index >= 15 is 0 Å². The van der Waals surface area contributed by atoms with Crippen molar-refractivity contribution >= 4 is 5.97 Å². The highest BCUT2D eigenvalue weighted by Gasteiger charge is 2.09. The number of benzene rings is 1. The number of ether oxygens (including phenoxy) is 1. The Morgan fingerprint density at radius 1 is 1.56 bits per heavy atom. The summed E-state index contributed by atoms with van der Waals surface area (Å²) < 4.78 is 5.10. The number of nitrogens with one attached hydrogen (secondary N) is 1. The van der Waals surface area contributed by atoms with E-state index in [-0.39, 0.29) is 5.92 Å². The maximum Gasteiger partial charge on any atom is 0.307 e. The number of carboxylic acids is 1. The lowest BCUT2D eigenvalue weighted by atomic mass is 10.1. The fourth-order valence-corrected chi connectivity index (χ4v) is 1.30. The van der Waals surface area contributed by atoms with E-state index in [1.807, 2.05) is 24.3 Å². The zero-order valence-electron chi connectivity index (χ0n) is 9.56. The van der Waals surface area contributed by atoms with Crippen molar-refractivity contribution in [1.29, 1.82) is 0 Å². The second-order valence-electron chi connectivity index (χ2n) is 3.72. The van der Waals surface area contributed by atoms with Crippen LogP contribution in [0.15, 0.2) is 24.3 Å². The molecule has 0 aliphatic carbocycles. The van der Waals surface area contributed by atoms with Gasteiger partial charge in [-0.05, 0) is 17.7 Å². The first-order valence-electron chi connectivity index (χ1n) is 5.20.